The highest BCUT2D eigenvalue weighted by atomic mass is 32.1. The Morgan fingerprint density at radius 1 is 1.19 bits per heavy atom. The fraction of sp³-hybridized carbons (Fsp3) is 0.333. The highest BCUT2D eigenvalue weighted by Crippen LogP contribution is 2.28. The van der Waals surface area contributed by atoms with Crippen LogP contribution in [0.5, 0.6) is 0 Å². The van der Waals surface area contributed by atoms with Crippen molar-refractivity contribution in [2.45, 2.75) is 13.0 Å². The van der Waals surface area contributed by atoms with Crippen LogP contribution >= 0.6 is 11.3 Å². The molecule has 3 amide bonds. The first-order chi connectivity index (χ1) is 14.9. The van der Waals surface area contributed by atoms with Crippen LogP contribution < -0.4 is 21.7 Å². The largest absolute Gasteiger partial charge is 0.398 e. The van der Waals surface area contributed by atoms with Gasteiger partial charge in [-0.25, -0.2) is 0 Å². The van der Waals surface area contributed by atoms with Crippen molar-refractivity contribution in [1.29, 1.82) is 5.41 Å². The van der Waals surface area contributed by atoms with Gasteiger partial charge in [0, 0.05) is 54.1 Å². The number of rotatable bonds is 8. The van der Waals surface area contributed by atoms with Gasteiger partial charge in [-0.1, -0.05) is 0 Å². The molecule has 0 saturated carbocycles. The lowest BCUT2D eigenvalue weighted by atomic mass is 10.1. The summed E-state index contributed by atoms with van der Waals surface area (Å²) in [6, 6.07) is 6.49. The molecule has 0 aliphatic carbocycles. The third-order valence-corrected chi connectivity index (χ3v) is 6.24. The molecule has 6 N–H and O–H groups in total. The van der Waals surface area contributed by atoms with E-state index in [1.54, 1.807) is 17.0 Å². The van der Waals surface area contributed by atoms with Crippen molar-refractivity contribution in [3.8, 4) is 0 Å². The number of carbonyl (C=O) groups is 3. The standard InChI is InChI=1S/C21H26N6O3S/c1-24-5-6-25-21(30)18-9-15-12-27(7-4-17(15)31-18)19(28)11-26-20(29)13-2-3-16(23)14(8-13)10-22/h2-3,8-10,22,24H,4-7,11-12,23H2,1H3,(H,25,30)(H,26,29). The molecular formula is C21H26N6O3S. The number of hydrogen-bond acceptors (Lipinski definition) is 7. The molecule has 0 radical (unpaired) electrons. The number of hydrogen-bond donors (Lipinski definition) is 5. The van der Waals surface area contributed by atoms with Crippen molar-refractivity contribution in [1.82, 2.24) is 20.9 Å². The zero-order valence-electron chi connectivity index (χ0n) is 17.3. The van der Waals surface area contributed by atoms with Crippen LogP contribution in [-0.4, -0.2) is 62.1 Å². The lowest BCUT2D eigenvalue weighted by Gasteiger charge is -2.27. The summed E-state index contributed by atoms with van der Waals surface area (Å²) in [5.74, 6) is -0.689. The van der Waals surface area contributed by atoms with Crippen molar-refractivity contribution in [3.05, 3.63) is 50.7 Å². The van der Waals surface area contributed by atoms with Crippen LogP contribution in [0, 0.1) is 5.41 Å². The summed E-state index contributed by atoms with van der Waals surface area (Å²) in [6.45, 7) is 2.09. The number of nitrogen functional groups attached to an aromatic ring is 1. The van der Waals surface area contributed by atoms with E-state index in [1.165, 1.54) is 17.4 Å². The third-order valence-electron chi connectivity index (χ3n) is 5.01. The summed E-state index contributed by atoms with van der Waals surface area (Å²) in [5.41, 5.74) is 7.92. The minimum atomic E-state index is -0.398. The van der Waals surface area contributed by atoms with E-state index < -0.39 is 5.91 Å². The Morgan fingerprint density at radius 3 is 2.74 bits per heavy atom. The number of anilines is 1. The van der Waals surface area contributed by atoms with E-state index in [0.717, 1.165) is 16.7 Å². The Hall–Kier alpha value is -3.24. The fourth-order valence-corrected chi connectivity index (χ4v) is 4.34. The third kappa shape index (κ3) is 5.47. The summed E-state index contributed by atoms with van der Waals surface area (Å²) in [4.78, 5) is 40.7. The molecule has 10 heteroatoms. The van der Waals surface area contributed by atoms with Crippen LogP contribution in [0.4, 0.5) is 5.69 Å². The maximum atomic E-state index is 12.6. The van der Waals surface area contributed by atoms with Gasteiger partial charge in [0.1, 0.15) is 0 Å². The van der Waals surface area contributed by atoms with Crippen LogP contribution in [0.1, 0.15) is 36.0 Å². The number of thiophene rings is 1. The van der Waals surface area contributed by atoms with Crippen LogP contribution in [0.15, 0.2) is 24.3 Å². The van der Waals surface area contributed by atoms with Gasteiger partial charge in [-0.05, 0) is 43.3 Å². The van der Waals surface area contributed by atoms with E-state index in [9.17, 15) is 14.4 Å². The van der Waals surface area contributed by atoms with Crippen LogP contribution in [0.25, 0.3) is 0 Å². The molecule has 1 aliphatic rings. The summed E-state index contributed by atoms with van der Waals surface area (Å²) in [6.07, 6.45) is 1.77. The summed E-state index contributed by atoms with van der Waals surface area (Å²) in [5, 5.41) is 15.8. The molecule has 0 fully saturated rings. The predicted molar refractivity (Wildman–Crippen MR) is 121 cm³/mol. The van der Waals surface area contributed by atoms with Crippen LogP contribution in [0.3, 0.4) is 0 Å². The average Bonchev–Trinajstić information content (AvgIpc) is 3.21. The first kappa shape index (κ1) is 22.4. The molecule has 0 saturated heterocycles. The summed E-state index contributed by atoms with van der Waals surface area (Å²) >= 11 is 1.47. The number of amides is 3. The molecule has 2 heterocycles. The predicted octanol–water partition coefficient (Wildman–Crippen LogP) is 0.592. The van der Waals surface area contributed by atoms with Gasteiger partial charge < -0.3 is 32.0 Å². The van der Waals surface area contributed by atoms with Crippen molar-refractivity contribution in [2.24, 2.45) is 0 Å². The maximum Gasteiger partial charge on any atom is 0.261 e. The first-order valence-electron chi connectivity index (χ1n) is 9.93. The molecule has 3 rings (SSSR count). The van der Waals surface area contributed by atoms with E-state index >= 15 is 0 Å². The lowest BCUT2D eigenvalue weighted by Crippen LogP contribution is -2.42. The number of nitrogens with zero attached hydrogens (tertiary/aromatic N) is 1. The monoisotopic (exact) mass is 442 g/mol. The van der Waals surface area contributed by atoms with E-state index in [1.807, 2.05) is 13.1 Å². The number of likely N-dealkylation sites (N-methyl/N-ethyl adjacent to an activating group) is 1. The van der Waals surface area contributed by atoms with Crippen molar-refractivity contribution in [2.75, 3.05) is 39.0 Å². The van der Waals surface area contributed by atoms with E-state index in [-0.39, 0.29) is 18.4 Å². The van der Waals surface area contributed by atoms with Gasteiger partial charge in [0.15, 0.2) is 0 Å². The molecule has 2 aromatic rings. The lowest BCUT2D eigenvalue weighted by molar-refractivity contribution is -0.131. The van der Waals surface area contributed by atoms with Crippen molar-refractivity contribution in [3.63, 3.8) is 0 Å². The smallest absolute Gasteiger partial charge is 0.261 e. The molecule has 0 unspecified atom stereocenters. The van der Waals surface area contributed by atoms with Crippen LogP contribution in [-0.2, 0) is 17.8 Å². The van der Waals surface area contributed by atoms with Gasteiger partial charge in [0.05, 0.1) is 11.4 Å². The van der Waals surface area contributed by atoms with E-state index in [2.05, 4.69) is 16.0 Å². The second-order valence-electron chi connectivity index (χ2n) is 7.15. The Labute approximate surface area is 184 Å². The second kappa shape index (κ2) is 10.2. The molecule has 0 spiro atoms. The maximum absolute atomic E-state index is 12.6. The van der Waals surface area contributed by atoms with Gasteiger partial charge in [-0.3, -0.25) is 14.4 Å². The second-order valence-corrected chi connectivity index (χ2v) is 8.29. The fourth-order valence-electron chi connectivity index (χ4n) is 3.26. The highest BCUT2D eigenvalue weighted by molar-refractivity contribution is 7.14. The molecule has 164 valence electrons. The minimum absolute atomic E-state index is 0.104. The molecule has 0 atom stereocenters. The Balaban J connectivity index is 1.55. The summed E-state index contributed by atoms with van der Waals surface area (Å²) < 4.78 is 0. The van der Waals surface area contributed by atoms with Crippen molar-refractivity contribution >= 4 is 41.0 Å². The number of nitrogens with two attached hydrogens (primary N) is 1. The highest BCUT2D eigenvalue weighted by Gasteiger charge is 2.24. The molecule has 1 aromatic heterocycles. The molecule has 0 bridgehead atoms. The van der Waals surface area contributed by atoms with E-state index in [4.69, 9.17) is 11.1 Å². The summed E-state index contributed by atoms with van der Waals surface area (Å²) in [7, 11) is 1.83. The Kier molecular flexibility index (Phi) is 7.37. The molecule has 1 aromatic carbocycles. The van der Waals surface area contributed by atoms with Gasteiger partial charge in [0.2, 0.25) is 5.91 Å². The molecule has 9 nitrogen and oxygen atoms in total. The van der Waals surface area contributed by atoms with Gasteiger partial charge in [-0.15, -0.1) is 11.3 Å². The van der Waals surface area contributed by atoms with Crippen LogP contribution in [0.2, 0.25) is 0 Å². The number of nitrogens with one attached hydrogen (secondary N) is 4. The van der Waals surface area contributed by atoms with E-state index in [0.29, 0.717) is 54.3 Å². The number of carbonyl (C=O) groups excluding carboxylic acids is 3. The normalized spacial score (nSPS) is 12.7. The average molecular weight is 443 g/mol. The molecule has 31 heavy (non-hydrogen) atoms. The zero-order chi connectivity index (χ0) is 22.4. The first-order valence-corrected chi connectivity index (χ1v) is 10.7. The Bertz CT molecular complexity index is 1000. The van der Waals surface area contributed by atoms with Crippen molar-refractivity contribution < 1.29 is 14.4 Å². The topological polar surface area (TPSA) is 140 Å². The Morgan fingerprint density at radius 2 is 2.00 bits per heavy atom. The van der Waals surface area contributed by atoms with Gasteiger partial charge >= 0.3 is 0 Å². The zero-order valence-corrected chi connectivity index (χ0v) is 18.1. The SMILES string of the molecule is CNCCNC(=O)c1cc2c(s1)CCN(C(=O)CNC(=O)c1ccc(N)c(C=N)c1)C2. The number of fused-ring (bicyclic) bond motifs is 1. The number of benzene rings is 1. The quantitative estimate of drug-likeness (QED) is 0.231. The molecule has 1 aliphatic heterocycles. The van der Waals surface area contributed by atoms with Gasteiger partial charge in [-0.2, -0.15) is 0 Å². The van der Waals surface area contributed by atoms with Gasteiger partial charge in [0.25, 0.3) is 11.8 Å². The molecular weight excluding hydrogens is 416 g/mol. The minimum Gasteiger partial charge on any atom is -0.398 e.